The summed E-state index contributed by atoms with van der Waals surface area (Å²) in [6.45, 7) is 23.3. The third kappa shape index (κ3) is 7.58. The van der Waals surface area contributed by atoms with E-state index in [-0.39, 0.29) is 7.25 Å². The molecular formula is C50H65Cl2SiZr. The molecule has 4 heteroatoms. The third-order valence-electron chi connectivity index (χ3n) is 12.7. The molecule has 0 bridgehead atoms. The molecule has 0 spiro atoms. The summed E-state index contributed by atoms with van der Waals surface area (Å²) < 4.78 is 0.230. The summed E-state index contributed by atoms with van der Waals surface area (Å²) in [7, 11) is 18.0. The number of fused-ring (bicyclic) bond motifs is 2. The van der Waals surface area contributed by atoms with Crippen molar-refractivity contribution in [3.05, 3.63) is 127 Å². The molecule has 6 rings (SSSR count). The third-order valence-corrected chi connectivity index (χ3v) is 64.5. The van der Waals surface area contributed by atoms with Gasteiger partial charge in [-0.2, -0.15) is 0 Å². The van der Waals surface area contributed by atoms with Gasteiger partial charge >= 0.3 is 340 Å². The number of halogens is 2. The van der Waals surface area contributed by atoms with Gasteiger partial charge in [-0.05, 0) is 0 Å². The van der Waals surface area contributed by atoms with Crippen LogP contribution in [0.3, 0.4) is 0 Å². The van der Waals surface area contributed by atoms with Crippen molar-refractivity contribution < 1.29 is 15.6 Å². The summed E-state index contributed by atoms with van der Waals surface area (Å²) in [6, 6.07) is 24.1. The number of hydrogen-bond acceptors (Lipinski definition) is 0. The molecule has 0 nitrogen and oxygen atoms in total. The van der Waals surface area contributed by atoms with Crippen molar-refractivity contribution in [2.24, 2.45) is 0 Å². The number of unbranched alkanes of at least 4 members (excludes halogenated alkanes) is 2. The van der Waals surface area contributed by atoms with Gasteiger partial charge in [-0.1, -0.05) is 0 Å². The second-order valence-electron chi connectivity index (χ2n) is 17.4. The Balaban J connectivity index is 1.67. The van der Waals surface area contributed by atoms with Gasteiger partial charge in [0, 0.05) is 0 Å². The number of aryl methyl sites for hydroxylation is 6. The zero-order chi connectivity index (χ0) is 39.0. The maximum atomic E-state index is 9.00. The van der Waals surface area contributed by atoms with Gasteiger partial charge in [0.2, 0.25) is 0 Å². The fourth-order valence-corrected chi connectivity index (χ4v) is 41.8. The molecule has 0 heterocycles. The Morgan fingerprint density at radius 3 is 1.20 bits per heavy atom. The van der Waals surface area contributed by atoms with Crippen molar-refractivity contribution in [1.82, 2.24) is 0 Å². The van der Waals surface area contributed by atoms with Crippen molar-refractivity contribution in [1.29, 1.82) is 0 Å². The summed E-state index contributed by atoms with van der Waals surface area (Å²) in [6.07, 6.45) is 16.3. The van der Waals surface area contributed by atoms with Crippen LogP contribution in [0.15, 0.2) is 71.8 Å². The zero-order valence-electron chi connectivity index (χ0n) is 35.0. The van der Waals surface area contributed by atoms with E-state index in [1.54, 1.807) is 0 Å². The van der Waals surface area contributed by atoms with Crippen LogP contribution < -0.4 is 0 Å². The maximum absolute atomic E-state index is 9.00. The normalized spacial score (nSPS) is 17.3. The average Bonchev–Trinajstić information content (AvgIpc) is 3.68. The predicted octanol–water partition coefficient (Wildman–Crippen LogP) is 16.1. The van der Waals surface area contributed by atoms with Crippen LogP contribution in [0.1, 0.15) is 142 Å². The molecule has 2 aliphatic rings. The van der Waals surface area contributed by atoms with Crippen molar-refractivity contribution in [2.75, 3.05) is 0 Å². The minimum absolute atomic E-state index is 0.115. The molecule has 2 unspecified atom stereocenters. The van der Waals surface area contributed by atoms with Gasteiger partial charge in [-0.15, -0.1) is 0 Å². The van der Waals surface area contributed by atoms with Crippen LogP contribution in [0.4, 0.5) is 0 Å². The van der Waals surface area contributed by atoms with Gasteiger partial charge in [0.15, 0.2) is 0 Å². The van der Waals surface area contributed by atoms with Crippen LogP contribution in [-0.2, 0) is 28.4 Å². The van der Waals surface area contributed by atoms with Crippen LogP contribution >= 0.6 is 17.0 Å². The second-order valence-corrected chi connectivity index (χ2v) is 59.9. The fourth-order valence-electron chi connectivity index (χ4n) is 10.3. The van der Waals surface area contributed by atoms with E-state index in [9.17, 15) is 0 Å². The van der Waals surface area contributed by atoms with Gasteiger partial charge < -0.3 is 0 Å². The number of hydrogen-bond donors (Lipinski definition) is 0. The molecule has 4 aromatic rings. The molecule has 2 atom stereocenters. The first-order chi connectivity index (χ1) is 25.8. The van der Waals surface area contributed by atoms with E-state index in [4.69, 9.17) is 17.0 Å². The van der Waals surface area contributed by atoms with E-state index < -0.39 is 21.5 Å². The van der Waals surface area contributed by atoms with E-state index in [1.807, 2.05) is 0 Å². The molecule has 0 saturated heterocycles. The van der Waals surface area contributed by atoms with Crippen molar-refractivity contribution in [3.8, 4) is 22.3 Å². The molecule has 0 amide bonds. The summed E-state index contributed by atoms with van der Waals surface area (Å²) in [5.41, 5.74) is 22.4. The van der Waals surface area contributed by atoms with E-state index in [0.717, 1.165) is 64.2 Å². The first-order valence-electron chi connectivity index (χ1n) is 21.2. The topological polar surface area (TPSA) is 0 Å². The Morgan fingerprint density at radius 1 is 0.519 bits per heavy atom. The molecule has 0 radical (unpaired) electrons. The van der Waals surface area contributed by atoms with Crippen LogP contribution in [0.2, 0.25) is 13.1 Å². The molecule has 0 aliphatic heterocycles. The fraction of sp³-hybridized carbons (Fsp3) is 0.440. The summed E-state index contributed by atoms with van der Waals surface area (Å²) in [5.74, 6) is -1.69. The van der Waals surface area contributed by atoms with E-state index in [0.29, 0.717) is 0 Å². The Labute approximate surface area is 337 Å². The van der Waals surface area contributed by atoms with Crippen molar-refractivity contribution in [3.63, 3.8) is 0 Å². The van der Waals surface area contributed by atoms with Gasteiger partial charge in [-0.25, -0.2) is 0 Å². The first kappa shape index (κ1) is 41.7. The first-order valence-corrected chi connectivity index (χ1v) is 37.5. The Bertz CT molecular complexity index is 1920. The standard InChI is InChI=1S/2C24H29.C2H7Si.2ClH.Zr/c2*1-5-7-9-19-15-21-11-10-20(8-6-2)24(23(21)16-19)22-13-17(3)12-18(4)14-22;1-3-2;;;/h2*10-16H,5-9H2,1-4H3;3H,1-2H3;2*1H;/q;;;;;+2/p-2. The zero-order valence-corrected chi connectivity index (χ0v) is 40.1. The quantitative estimate of drug-likeness (QED) is 0.105. The van der Waals surface area contributed by atoms with Crippen molar-refractivity contribution >= 4 is 35.1 Å². The van der Waals surface area contributed by atoms with Gasteiger partial charge in [-0.3, -0.25) is 0 Å². The number of benzene rings is 4. The Hall–Kier alpha value is -1.96. The molecule has 2 aliphatic carbocycles. The van der Waals surface area contributed by atoms with E-state index in [1.165, 1.54) is 89.0 Å². The molecule has 54 heavy (non-hydrogen) atoms. The van der Waals surface area contributed by atoms with Crippen molar-refractivity contribution in [2.45, 2.75) is 140 Å². The SMILES string of the molecule is CCCCC1=Cc2c(ccc(CCC)c2-c2cc(C)cc(C)c2)[CH]1[Zr]([Cl])([Cl])([CH]1C(CCCC)=Cc2c1ccc(CCC)c2-c1cc(C)cc(C)c1)[SiH](C)C. The molecule has 0 fully saturated rings. The molecule has 0 saturated carbocycles. The Morgan fingerprint density at radius 2 is 0.889 bits per heavy atom. The molecule has 4 aromatic carbocycles. The predicted molar refractivity (Wildman–Crippen MR) is 242 cm³/mol. The van der Waals surface area contributed by atoms with E-state index >= 15 is 0 Å². The van der Waals surface area contributed by atoms with Crippen LogP contribution in [-0.4, -0.2) is 5.92 Å². The molecule has 287 valence electrons. The molecule has 0 N–H and O–H groups in total. The second kappa shape index (κ2) is 16.9. The van der Waals surface area contributed by atoms with Gasteiger partial charge in [0.1, 0.15) is 0 Å². The monoisotopic (exact) mass is 853 g/mol. The molecule has 0 aromatic heterocycles. The molecular weight excluding hydrogens is 791 g/mol. The summed E-state index contributed by atoms with van der Waals surface area (Å²) >= 11 is -4.96. The van der Waals surface area contributed by atoms with Gasteiger partial charge in [0.05, 0.1) is 0 Å². The van der Waals surface area contributed by atoms with E-state index in [2.05, 4.69) is 141 Å². The average molecular weight is 856 g/mol. The summed E-state index contributed by atoms with van der Waals surface area (Å²) in [4.78, 5) is 0. The van der Waals surface area contributed by atoms with Crippen LogP contribution in [0.25, 0.3) is 34.4 Å². The Kier molecular flexibility index (Phi) is 13.0. The van der Waals surface area contributed by atoms with Gasteiger partial charge in [0.25, 0.3) is 0 Å². The number of rotatable bonds is 15. The van der Waals surface area contributed by atoms with Crippen LogP contribution in [0, 0.1) is 27.7 Å². The summed E-state index contributed by atoms with van der Waals surface area (Å²) in [5, 5.41) is 0. The minimum atomic E-state index is -4.96. The number of allylic oxidation sites excluding steroid dienone is 2. The van der Waals surface area contributed by atoms with Crippen LogP contribution in [0.5, 0.6) is 0 Å².